The Labute approximate surface area is 116 Å². The Kier molecular flexibility index (Phi) is 4.85. The second-order valence-corrected chi connectivity index (χ2v) is 6.89. The van der Waals surface area contributed by atoms with Crippen molar-refractivity contribution in [3.8, 4) is 0 Å². The molecule has 2 fully saturated rings. The molecule has 2 aliphatic rings. The summed E-state index contributed by atoms with van der Waals surface area (Å²) in [6.45, 7) is 12.5. The van der Waals surface area contributed by atoms with Crippen molar-refractivity contribution in [1.82, 2.24) is 10.2 Å². The first kappa shape index (κ1) is 14.8. The van der Waals surface area contributed by atoms with Crippen LogP contribution in [0.1, 0.15) is 34.1 Å². The zero-order chi connectivity index (χ0) is 14.0. The number of rotatable bonds is 5. The Balaban J connectivity index is 1.87. The lowest BCUT2D eigenvalue weighted by Crippen LogP contribution is -2.46. The van der Waals surface area contributed by atoms with Crippen molar-refractivity contribution in [2.24, 2.45) is 17.8 Å². The molecular weight excluding hydrogens is 240 g/mol. The average molecular weight is 268 g/mol. The van der Waals surface area contributed by atoms with E-state index in [1.165, 1.54) is 0 Å². The second-order valence-electron chi connectivity index (χ2n) is 6.89. The highest BCUT2D eigenvalue weighted by molar-refractivity contribution is 5.79. The lowest BCUT2D eigenvalue weighted by atomic mass is 9.99. The van der Waals surface area contributed by atoms with Gasteiger partial charge in [-0.1, -0.05) is 27.7 Å². The van der Waals surface area contributed by atoms with Crippen LogP contribution in [-0.4, -0.2) is 49.2 Å². The summed E-state index contributed by atoms with van der Waals surface area (Å²) in [4.78, 5) is 14.7. The summed E-state index contributed by atoms with van der Waals surface area (Å²) >= 11 is 0. The number of fused-ring (bicyclic) bond motifs is 2. The highest BCUT2D eigenvalue weighted by atomic mass is 16.5. The zero-order valence-electron chi connectivity index (χ0n) is 12.7. The van der Waals surface area contributed by atoms with Crippen molar-refractivity contribution in [1.29, 1.82) is 0 Å². The predicted molar refractivity (Wildman–Crippen MR) is 75.9 cm³/mol. The van der Waals surface area contributed by atoms with Gasteiger partial charge in [0, 0.05) is 26.2 Å². The van der Waals surface area contributed by atoms with E-state index in [1.54, 1.807) is 0 Å². The standard InChI is InChI=1S/C15H28N2O2/c1-10(2)6-16-15(18)13-5-12-8-17(7-11(3)4)9-14(13)19-12/h10-14H,5-9H2,1-4H3,(H,16,18)/t12-,13+,14-/m1/s1. The average Bonchev–Trinajstić information content (AvgIpc) is 2.60. The minimum absolute atomic E-state index is 0.0564. The number of amides is 1. The quantitative estimate of drug-likeness (QED) is 0.821. The van der Waals surface area contributed by atoms with Crippen LogP contribution in [0.4, 0.5) is 0 Å². The predicted octanol–water partition coefficient (Wildman–Crippen LogP) is 1.50. The first-order chi connectivity index (χ1) is 8.95. The smallest absolute Gasteiger partial charge is 0.225 e. The first-order valence-corrected chi connectivity index (χ1v) is 7.61. The molecule has 0 spiro atoms. The maximum Gasteiger partial charge on any atom is 0.225 e. The van der Waals surface area contributed by atoms with Crippen molar-refractivity contribution < 1.29 is 9.53 Å². The van der Waals surface area contributed by atoms with Gasteiger partial charge in [-0.05, 0) is 18.3 Å². The molecule has 4 nitrogen and oxygen atoms in total. The molecule has 1 amide bonds. The monoisotopic (exact) mass is 268 g/mol. The normalized spacial score (nSPS) is 31.2. The van der Waals surface area contributed by atoms with Gasteiger partial charge in [-0.15, -0.1) is 0 Å². The topological polar surface area (TPSA) is 41.6 Å². The van der Waals surface area contributed by atoms with E-state index in [4.69, 9.17) is 4.74 Å². The van der Waals surface area contributed by atoms with Crippen LogP contribution >= 0.6 is 0 Å². The van der Waals surface area contributed by atoms with Crippen LogP contribution in [-0.2, 0) is 9.53 Å². The number of likely N-dealkylation sites (tertiary alicyclic amines) is 1. The van der Waals surface area contributed by atoms with Gasteiger partial charge < -0.3 is 10.1 Å². The van der Waals surface area contributed by atoms with Crippen LogP contribution < -0.4 is 5.32 Å². The van der Waals surface area contributed by atoms with E-state index in [9.17, 15) is 4.79 Å². The summed E-state index contributed by atoms with van der Waals surface area (Å²) < 4.78 is 5.95. The molecule has 19 heavy (non-hydrogen) atoms. The molecule has 0 aromatic heterocycles. The molecule has 4 heteroatoms. The van der Waals surface area contributed by atoms with Crippen molar-refractivity contribution in [2.75, 3.05) is 26.2 Å². The number of nitrogens with zero attached hydrogens (tertiary/aromatic N) is 1. The van der Waals surface area contributed by atoms with Gasteiger partial charge in [-0.25, -0.2) is 0 Å². The van der Waals surface area contributed by atoms with E-state index in [0.29, 0.717) is 11.8 Å². The summed E-state index contributed by atoms with van der Waals surface area (Å²) in [5.41, 5.74) is 0. The number of hydrogen-bond donors (Lipinski definition) is 1. The molecule has 0 aliphatic carbocycles. The summed E-state index contributed by atoms with van der Waals surface area (Å²) in [5.74, 6) is 1.42. The van der Waals surface area contributed by atoms with E-state index >= 15 is 0 Å². The molecule has 3 atom stereocenters. The fourth-order valence-corrected chi connectivity index (χ4v) is 3.11. The van der Waals surface area contributed by atoms with Crippen molar-refractivity contribution >= 4 is 5.91 Å². The van der Waals surface area contributed by atoms with E-state index < -0.39 is 0 Å². The molecule has 1 N–H and O–H groups in total. The SMILES string of the molecule is CC(C)CNC(=O)[C@H]1C[C@@H]2CN(CC(C)C)C[C@H]1O2. The van der Waals surface area contributed by atoms with Gasteiger partial charge in [0.25, 0.3) is 0 Å². The van der Waals surface area contributed by atoms with Crippen molar-refractivity contribution in [2.45, 2.75) is 46.3 Å². The molecule has 2 rings (SSSR count). The number of hydrogen-bond acceptors (Lipinski definition) is 3. The van der Waals surface area contributed by atoms with Gasteiger partial charge in [-0.2, -0.15) is 0 Å². The molecule has 110 valence electrons. The summed E-state index contributed by atoms with van der Waals surface area (Å²) in [6.07, 6.45) is 1.25. The maximum atomic E-state index is 12.2. The molecule has 0 saturated carbocycles. The van der Waals surface area contributed by atoms with Crippen molar-refractivity contribution in [3.63, 3.8) is 0 Å². The third-order valence-electron chi connectivity index (χ3n) is 3.88. The fourth-order valence-electron chi connectivity index (χ4n) is 3.11. The molecule has 2 heterocycles. The van der Waals surface area contributed by atoms with Crippen LogP contribution in [0.15, 0.2) is 0 Å². The van der Waals surface area contributed by atoms with Gasteiger partial charge in [0.2, 0.25) is 5.91 Å². The van der Waals surface area contributed by atoms with Gasteiger partial charge in [0.05, 0.1) is 18.1 Å². The lowest BCUT2D eigenvalue weighted by molar-refractivity contribution is -0.128. The van der Waals surface area contributed by atoms with Gasteiger partial charge in [-0.3, -0.25) is 9.69 Å². The number of morpholine rings is 1. The minimum Gasteiger partial charge on any atom is -0.371 e. The Bertz CT molecular complexity index is 317. The van der Waals surface area contributed by atoms with Gasteiger partial charge >= 0.3 is 0 Å². The Morgan fingerprint density at radius 2 is 2.00 bits per heavy atom. The van der Waals surface area contributed by atoms with Crippen LogP contribution in [0.2, 0.25) is 0 Å². The van der Waals surface area contributed by atoms with E-state index in [0.717, 1.165) is 32.6 Å². The van der Waals surface area contributed by atoms with E-state index in [1.807, 2.05) is 0 Å². The molecule has 0 radical (unpaired) electrons. The Hall–Kier alpha value is -0.610. The third kappa shape index (κ3) is 3.93. The summed E-state index contributed by atoms with van der Waals surface area (Å²) in [5, 5.41) is 3.05. The van der Waals surface area contributed by atoms with Gasteiger partial charge in [0.1, 0.15) is 0 Å². The molecule has 0 aromatic carbocycles. The molecule has 0 aromatic rings. The Morgan fingerprint density at radius 1 is 1.26 bits per heavy atom. The first-order valence-electron chi connectivity index (χ1n) is 7.61. The highest BCUT2D eigenvalue weighted by Gasteiger charge is 2.44. The second kappa shape index (κ2) is 6.23. The third-order valence-corrected chi connectivity index (χ3v) is 3.88. The zero-order valence-corrected chi connectivity index (χ0v) is 12.7. The molecule has 2 aliphatic heterocycles. The molecule has 0 unspecified atom stereocenters. The van der Waals surface area contributed by atoms with Gasteiger partial charge in [0.15, 0.2) is 0 Å². The maximum absolute atomic E-state index is 12.2. The van der Waals surface area contributed by atoms with Crippen LogP contribution in [0.25, 0.3) is 0 Å². The summed E-state index contributed by atoms with van der Waals surface area (Å²) in [7, 11) is 0. The molecule has 2 saturated heterocycles. The number of carbonyl (C=O) groups is 1. The van der Waals surface area contributed by atoms with Crippen molar-refractivity contribution in [3.05, 3.63) is 0 Å². The largest absolute Gasteiger partial charge is 0.371 e. The molecule has 2 bridgehead atoms. The Morgan fingerprint density at radius 3 is 2.63 bits per heavy atom. The van der Waals surface area contributed by atoms with Crippen LogP contribution in [0, 0.1) is 17.8 Å². The number of nitrogens with one attached hydrogen (secondary N) is 1. The fraction of sp³-hybridized carbons (Fsp3) is 0.933. The summed E-state index contributed by atoms with van der Waals surface area (Å²) in [6, 6.07) is 0. The number of carbonyl (C=O) groups excluding carboxylic acids is 1. The molecular formula is C15H28N2O2. The number of ether oxygens (including phenoxy) is 1. The minimum atomic E-state index is 0.0564. The highest BCUT2D eigenvalue weighted by Crippen LogP contribution is 2.32. The van der Waals surface area contributed by atoms with Crippen LogP contribution in [0.5, 0.6) is 0 Å². The van der Waals surface area contributed by atoms with E-state index in [-0.39, 0.29) is 24.0 Å². The van der Waals surface area contributed by atoms with Crippen LogP contribution in [0.3, 0.4) is 0 Å². The lowest BCUT2D eigenvalue weighted by Gasteiger charge is -2.33. The van der Waals surface area contributed by atoms with E-state index in [2.05, 4.69) is 37.9 Å².